The summed E-state index contributed by atoms with van der Waals surface area (Å²) in [5, 5.41) is 0. The van der Waals surface area contributed by atoms with Crippen LogP contribution in [0.4, 0.5) is 0 Å². The van der Waals surface area contributed by atoms with Gasteiger partial charge < -0.3 is 4.74 Å². The monoisotopic (exact) mass is 382 g/mol. The van der Waals surface area contributed by atoms with Gasteiger partial charge in [0.1, 0.15) is 0 Å². The third kappa shape index (κ3) is 6.70. The van der Waals surface area contributed by atoms with Crippen LogP contribution < -0.4 is 4.72 Å². The lowest BCUT2D eigenvalue weighted by molar-refractivity contribution is -0.120. The largest absolute Gasteiger partial charge is 0.379 e. The summed E-state index contributed by atoms with van der Waals surface area (Å²) in [5.74, 6) is -0.512. The van der Waals surface area contributed by atoms with Crippen molar-refractivity contribution in [1.29, 1.82) is 0 Å². The average molecular weight is 383 g/mol. The van der Waals surface area contributed by atoms with Crippen LogP contribution in [0, 0.1) is 5.92 Å². The molecule has 1 heterocycles. The number of carbonyl (C=O) groups is 1. The van der Waals surface area contributed by atoms with Crippen molar-refractivity contribution in [2.24, 2.45) is 5.92 Å². The Kier molecular flexibility index (Phi) is 7.61. The average Bonchev–Trinajstić information content (AvgIpc) is 2.60. The van der Waals surface area contributed by atoms with Crippen molar-refractivity contribution in [3.8, 4) is 0 Å². The highest BCUT2D eigenvalue weighted by Gasteiger charge is 2.22. The second-order valence-electron chi connectivity index (χ2n) is 7.30. The van der Waals surface area contributed by atoms with E-state index in [-0.39, 0.29) is 5.75 Å². The van der Waals surface area contributed by atoms with Gasteiger partial charge >= 0.3 is 0 Å². The van der Waals surface area contributed by atoms with Gasteiger partial charge in [-0.15, -0.1) is 0 Å². The summed E-state index contributed by atoms with van der Waals surface area (Å²) >= 11 is 0. The molecule has 0 saturated carbocycles. The highest BCUT2D eigenvalue weighted by molar-refractivity contribution is 7.90. The molecule has 0 aromatic heterocycles. The molecule has 1 aliphatic heterocycles. The number of hydrogen-bond donors (Lipinski definition) is 1. The second kappa shape index (κ2) is 9.48. The Hall–Kier alpha value is -1.44. The van der Waals surface area contributed by atoms with Crippen molar-refractivity contribution >= 4 is 15.9 Å². The van der Waals surface area contributed by atoms with Gasteiger partial charge in [0.15, 0.2) is 0 Å². The van der Waals surface area contributed by atoms with E-state index in [4.69, 9.17) is 4.74 Å². The first-order valence-corrected chi connectivity index (χ1v) is 10.9. The van der Waals surface area contributed by atoms with Crippen LogP contribution in [0.1, 0.15) is 37.8 Å². The molecular weight excluding hydrogens is 352 g/mol. The standard InChI is InChI=1S/C19H30N2O4S/c1-15(2)14-17-4-6-18(7-5-17)16(3)19(22)20-26(23,24)13-10-21-8-11-25-12-9-21/h4-7,15-16H,8-14H2,1-3H3,(H,20,22). The number of hydrogen-bond acceptors (Lipinski definition) is 5. The van der Waals surface area contributed by atoms with Gasteiger partial charge in [0.2, 0.25) is 15.9 Å². The van der Waals surface area contributed by atoms with Gasteiger partial charge in [-0.3, -0.25) is 14.4 Å². The molecule has 1 aliphatic rings. The molecule has 1 aromatic rings. The highest BCUT2D eigenvalue weighted by atomic mass is 32.2. The molecule has 6 nitrogen and oxygen atoms in total. The van der Waals surface area contributed by atoms with E-state index in [0.29, 0.717) is 25.7 Å². The number of nitrogens with one attached hydrogen (secondary N) is 1. The van der Waals surface area contributed by atoms with E-state index in [1.165, 1.54) is 5.56 Å². The number of carbonyl (C=O) groups excluding carboxylic acids is 1. The smallest absolute Gasteiger partial charge is 0.240 e. The van der Waals surface area contributed by atoms with E-state index in [0.717, 1.165) is 25.1 Å². The van der Waals surface area contributed by atoms with Crippen LogP contribution in [-0.4, -0.2) is 57.8 Å². The number of rotatable bonds is 8. The molecule has 2 rings (SSSR count). The molecule has 0 spiro atoms. The summed E-state index contributed by atoms with van der Waals surface area (Å²) < 4.78 is 31.9. The minimum Gasteiger partial charge on any atom is -0.379 e. The van der Waals surface area contributed by atoms with Crippen molar-refractivity contribution in [3.05, 3.63) is 35.4 Å². The normalized spacial score (nSPS) is 17.2. The third-order valence-electron chi connectivity index (χ3n) is 4.55. The number of ether oxygens (including phenoxy) is 1. The Balaban J connectivity index is 1.88. The lowest BCUT2D eigenvalue weighted by atomic mass is 9.96. The van der Waals surface area contributed by atoms with Gasteiger partial charge in [0.05, 0.1) is 24.9 Å². The van der Waals surface area contributed by atoms with Crippen molar-refractivity contribution in [2.45, 2.75) is 33.1 Å². The minimum absolute atomic E-state index is 0.0845. The second-order valence-corrected chi connectivity index (χ2v) is 9.14. The van der Waals surface area contributed by atoms with Crippen LogP contribution in [0.5, 0.6) is 0 Å². The molecule has 1 aromatic carbocycles. The fourth-order valence-corrected chi connectivity index (χ4v) is 4.02. The Bertz CT molecular complexity index is 680. The molecule has 1 saturated heterocycles. The zero-order valence-electron chi connectivity index (χ0n) is 15.9. The summed E-state index contributed by atoms with van der Waals surface area (Å²) in [6, 6.07) is 7.82. The van der Waals surface area contributed by atoms with Crippen LogP contribution in [0.3, 0.4) is 0 Å². The van der Waals surface area contributed by atoms with Crippen molar-refractivity contribution < 1.29 is 17.9 Å². The van der Waals surface area contributed by atoms with E-state index in [1.807, 2.05) is 29.2 Å². The van der Waals surface area contributed by atoms with Crippen LogP contribution in [0.25, 0.3) is 0 Å². The van der Waals surface area contributed by atoms with Crippen LogP contribution >= 0.6 is 0 Å². The fourth-order valence-electron chi connectivity index (χ4n) is 2.93. The molecular formula is C19H30N2O4S. The molecule has 1 amide bonds. The summed E-state index contributed by atoms with van der Waals surface area (Å²) in [6.07, 6.45) is 0.983. The van der Waals surface area contributed by atoms with Crippen LogP contribution in [0.2, 0.25) is 0 Å². The lowest BCUT2D eigenvalue weighted by Crippen LogP contribution is -2.42. The molecule has 1 unspecified atom stereocenters. The molecule has 146 valence electrons. The molecule has 1 N–H and O–H groups in total. The molecule has 1 fully saturated rings. The van der Waals surface area contributed by atoms with Gasteiger partial charge in [-0.2, -0.15) is 0 Å². The number of nitrogens with zero attached hydrogens (tertiary/aromatic N) is 1. The first-order chi connectivity index (χ1) is 12.3. The Morgan fingerprint density at radius 3 is 2.35 bits per heavy atom. The first kappa shape index (κ1) is 20.9. The maximum Gasteiger partial charge on any atom is 0.240 e. The predicted octanol–water partition coefficient (Wildman–Crippen LogP) is 1.77. The molecule has 7 heteroatoms. The molecule has 1 atom stereocenters. The summed E-state index contributed by atoms with van der Waals surface area (Å²) in [4.78, 5) is 14.4. The first-order valence-electron chi connectivity index (χ1n) is 9.20. The van der Waals surface area contributed by atoms with Gasteiger partial charge in [-0.1, -0.05) is 38.1 Å². The fraction of sp³-hybridized carbons (Fsp3) is 0.632. The molecule has 26 heavy (non-hydrogen) atoms. The SMILES string of the molecule is CC(C)Cc1ccc(C(C)C(=O)NS(=O)(=O)CCN2CCOCC2)cc1. The van der Waals surface area contributed by atoms with E-state index in [1.54, 1.807) is 6.92 Å². The maximum absolute atomic E-state index is 12.3. The summed E-state index contributed by atoms with van der Waals surface area (Å²) in [6.45, 7) is 9.14. The van der Waals surface area contributed by atoms with E-state index < -0.39 is 21.8 Å². The lowest BCUT2D eigenvalue weighted by Gasteiger charge is -2.26. The zero-order chi connectivity index (χ0) is 19.2. The van der Waals surface area contributed by atoms with Gasteiger partial charge in [-0.05, 0) is 30.4 Å². The zero-order valence-corrected chi connectivity index (χ0v) is 16.7. The number of sulfonamides is 1. The number of morpholine rings is 1. The number of amides is 1. The third-order valence-corrected chi connectivity index (χ3v) is 5.79. The van der Waals surface area contributed by atoms with Crippen LogP contribution in [-0.2, 0) is 26.0 Å². The molecule has 0 aliphatic carbocycles. The summed E-state index contributed by atoms with van der Waals surface area (Å²) in [5.41, 5.74) is 2.04. The van der Waals surface area contributed by atoms with Crippen molar-refractivity contribution in [2.75, 3.05) is 38.6 Å². The van der Waals surface area contributed by atoms with Crippen LogP contribution in [0.15, 0.2) is 24.3 Å². The maximum atomic E-state index is 12.3. The predicted molar refractivity (Wildman–Crippen MR) is 103 cm³/mol. The van der Waals surface area contributed by atoms with Gasteiger partial charge in [0, 0.05) is 19.6 Å². The van der Waals surface area contributed by atoms with E-state index in [9.17, 15) is 13.2 Å². The summed E-state index contributed by atoms with van der Waals surface area (Å²) in [7, 11) is -3.64. The Morgan fingerprint density at radius 1 is 1.15 bits per heavy atom. The molecule has 0 bridgehead atoms. The van der Waals surface area contributed by atoms with Gasteiger partial charge in [0.25, 0.3) is 0 Å². The quantitative estimate of drug-likeness (QED) is 0.742. The van der Waals surface area contributed by atoms with Crippen molar-refractivity contribution in [3.63, 3.8) is 0 Å². The highest BCUT2D eigenvalue weighted by Crippen LogP contribution is 2.18. The van der Waals surface area contributed by atoms with E-state index in [2.05, 4.69) is 18.6 Å². The van der Waals surface area contributed by atoms with Crippen molar-refractivity contribution in [1.82, 2.24) is 9.62 Å². The Labute approximate surface area is 157 Å². The Morgan fingerprint density at radius 2 is 1.77 bits per heavy atom. The number of benzene rings is 1. The van der Waals surface area contributed by atoms with Gasteiger partial charge in [-0.25, -0.2) is 8.42 Å². The molecule has 0 radical (unpaired) electrons. The van der Waals surface area contributed by atoms with E-state index >= 15 is 0 Å². The topological polar surface area (TPSA) is 75.7 Å². The minimum atomic E-state index is -3.64.